The van der Waals surface area contributed by atoms with Crippen molar-refractivity contribution in [1.82, 2.24) is 10.2 Å². The lowest BCUT2D eigenvalue weighted by molar-refractivity contribution is -0.00922. The van der Waals surface area contributed by atoms with E-state index in [-0.39, 0.29) is 17.6 Å². The van der Waals surface area contributed by atoms with Gasteiger partial charge in [-0.2, -0.15) is 0 Å². The highest BCUT2D eigenvalue weighted by Gasteiger charge is 2.29. The van der Waals surface area contributed by atoms with Crippen LogP contribution in [0.15, 0.2) is 12.1 Å². The average Bonchev–Trinajstić information content (AvgIpc) is 3.24. The van der Waals surface area contributed by atoms with Crippen LogP contribution in [0.4, 0.5) is 0 Å². The van der Waals surface area contributed by atoms with E-state index in [0.717, 1.165) is 50.6 Å². The third kappa shape index (κ3) is 4.12. The summed E-state index contributed by atoms with van der Waals surface area (Å²) >= 11 is 1.55. The van der Waals surface area contributed by atoms with E-state index < -0.39 is 0 Å². The Balaban J connectivity index is 1.54. The van der Waals surface area contributed by atoms with Gasteiger partial charge >= 0.3 is 0 Å². The molecule has 2 fully saturated rings. The molecule has 0 saturated carbocycles. The minimum absolute atomic E-state index is 0.0144. The number of nitrogens with zero attached hydrogens (tertiary/aromatic N) is 1. The number of nitrogens with one attached hydrogen (secondary N) is 1. The van der Waals surface area contributed by atoms with E-state index in [1.165, 1.54) is 4.88 Å². The van der Waals surface area contributed by atoms with Gasteiger partial charge in [0.2, 0.25) is 0 Å². The van der Waals surface area contributed by atoms with E-state index in [1.807, 2.05) is 12.1 Å². The first-order chi connectivity index (χ1) is 11.1. The SMILES string of the molecule is CC(C)(CNC(=O)c1ccc([C@H]2CCCO2)s1)N1CCOCC1. The number of hydrogen-bond acceptors (Lipinski definition) is 5. The van der Waals surface area contributed by atoms with Crippen LogP contribution in [0.2, 0.25) is 0 Å². The lowest BCUT2D eigenvalue weighted by Crippen LogP contribution is -2.55. The highest BCUT2D eigenvalue weighted by Crippen LogP contribution is 2.33. The fraction of sp³-hybridized carbons (Fsp3) is 0.706. The summed E-state index contributed by atoms with van der Waals surface area (Å²) in [6.07, 6.45) is 2.36. The molecule has 23 heavy (non-hydrogen) atoms. The maximum Gasteiger partial charge on any atom is 0.261 e. The van der Waals surface area contributed by atoms with Gasteiger partial charge < -0.3 is 14.8 Å². The molecule has 1 aromatic rings. The van der Waals surface area contributed by atoms with Crippen molar-refractivity contribution in [2.75, 3.05) is 39.5 Å². The first-order valence-corrected chi connectivity index (χ1v) is 9.20. The fourth-order valence-electron chi connectivity index (χ4n) is 3.11. The molecule has 0 bridgehead atoms. The quantitative estimate of drug-likeness (QED) is 0.896. The summed E-state index contributed by atoms with van der Waals surface area (Å²) in [5, 5.41) is 3.09. The summed E-state index contributed by atoms with van der Waals surface area (Å²) in [5.74, 6) is 0.0144. The third-order valence-corrected chi connectivity index (χ3v) is 5.82. The summed E-state index contributed by atoms with van der Waals surface area (Å²) in [6, 6.07) is 3.95. The molecule has 0 spiro atoms. The highest BCUT2D eigenvalue weighted by molar-refractivity contribution is 7.14. The number of morpholine rings is 1. The predicted molar refractivity (Wildman–Crippen MR) is 91.1 cm³/mol. The first-order valence-electron chi connectivity index (χ1n) is 8.38. The van der Waals surface area contributed by atoms with Gasteiger partial charge in [0.15, 0.2) is 0 Å². The second-order valence-corrected chi connectivity index (χ2v) is 7.91. The Labute approximate surface area is 142 Å². The lowest BCUT2D eigenvalue weighted by Gasteiger charge is -2.40. The standard InChI is InChI=1S/C17H26N2O3S/c1-17(2,19-7-10-21-11-8-19)12-18-16(20)15-6-5-14(23-15)13-4-3-9-22-13/h5-6,13H,3-4,7-12H2,1-2H3,(H,18,20)/t13-/m1/s1. The minimum Gasteiger partial charge on any atom is -0.379 e. The van der Waals surface area contributed by atoms with Crippen molar-refractivity contribution in [2.24, 2.45) is 0 Å². The van der Waals surface area contributed by atoms with E-state index >= 15 is 0 Å². The van der Waals surface area contributed by atoms with Crippen molar-refractivity contribution in [2.45, 2.75) is 38.3 Å². The Bertz CT molecular complexity index is 532. The van der Waals surface area contributed by atoms with E-state index in [4.69, 9.17) is 9.47 Å². The molecule has 0 aliphatic carbocycles. The topological polar surface area (TPSA) is 50.8 Å². The molecule has 3 rings (SSSR count). The van der Waals surface area contributed by atoms with Crippen molar-refractivity contribution in [3.05, 3.63) is 21.9 Å². The van der Waals surface area contributed by atoms with Crippen LogP contribution in [0, 0.1) is 0 Å². The van der Waals surface area contributed by atoms with Crippen molar-refractivity contribution < 1.29 is 14.3 Å². The Hall–Kier alpha value is -0.950. The van der Waals surface area contributed by atoms with Gasteiger partial charge in [-0.3, -0.25) is 9.69 Å². The zero-order valence-electron chi connectivity index (χ0n) is 14.0. The Morgan fingerprint density at radius 1 is 1.35 bits per heavy atom. The van der Waals surface area contributed by atoms with E-state index in [2.05, 4.69) is 24.1 Å². The van der Waals surface area contributed by atoms with Crippen molar-refractivity contribution in [1.29, 1.82) is 0 Å². The second kappa shape index (κ2) is 7.30. The number of rotatable bonds is 5. The average molecular weight is 338 g/mol. The molecule has 0 unspecified atom stereocenters. The largest absolute Gasteiger partial charge is 0.379 e. The summed E-state index contributed by atoms with van der Waals surface area (Å²) in [6.45, 7) is 9.20. The highest BCUT2D eigenvalue weighted by atomic mass is 32.1. The smallest absolute Gasteiger partial charge is 0.261 e. The monoisotopic (exact) mass is 338 g/mol. The van der Waals surface area contributed by atoms with E-state index in [0.29, 0.717) is 6.54 Å². The van der Waals surface area contributed by atoms with Crippen LogP contribution in [0.5, 0.6) is 0 Å². The van der Waals surface area contributed by atoms with Gasteiger partial charge in [-0.25, -0.2) is 0 Å². The molecule has 0 radical (unpaired) electrons. The summed E-state index contributed by atoms with van der Waals surface area (Å²) < 4.78 is 11.1. The molecule has 1 aromatic heterocycles. The molecule has 3 heterocycles. The minimum atomic E-state index is -0.0614. The number of thiophene rings is 1. The van der Waals surface area contributed by atoms with Gasteiger partial charge in [0.25, 0.3) is 5.91 Å². The lowest BCUT2D eigenvalue weighted by atomic mass is 10.0. The Morgan fingerprint density at radius 2 is 2.13 bits per heavy atom. The molecule has 2 saturated heterocycles. The van der Waals surface area contributed by atoms with Crippen LogP contribution < -0.4 is 5.32 Å². The van der Waals surface area contributed by atoms with Gasteiger partial charge in [0, 0.05) is 36.7 Å². The zero-order chi connectivity index (χ0) is 16.3. The van der Waals surface area contributed by atoms with Gasteiger partial charge in [-0.05, 0) is 38.8 Å². The number of amides is 1. The molecule has 5 nitrogen and oxygen atoms in total. The number of ether oxygens (including phenoxy) is 2. The second-order valence-electron chi connectivity index (χ2n) is 6.80. The maximum absolute atomic E-state index is 12.4. The van der Waals surface area contributed by atoms with Gasteiger partial charge in [-0.15, -0.1) is 11.3 Å². The molecule has 2 aliphatic rings. The zero-order valence-corrected chi connectivity index (χ0v) is 14.8. The van der Waals surface area contributed by atoms with Crippen molar-refractivity contribution in [3.63, 3.8) is 0 Å². The third-order valence-electron chi connectivity index (χ3n) is 4.65. The van der Waals surface area contributed by atoms with Crippen LogP contribution in [0.25, 0.3) is 0 Å². The molecule has 0 aromatic carbocycles. The molecular weight excluding hydrogens is 312 g/mol. The summed E-state index contributed by atoms with van der Waals surface area (Å²) in [7, 11) is 0. The predicted octanol–water partition coefficient (Wildman–Crippen LogP) is 2.44. The molecule has 2 aliphatic heterocycles. The molecule has 6 heteroatoms. The molecule has 1 amide bonds. The number of hydrogen-bond donors (Lipinski definition) is 1. The maximum atomic E-state index is 12.4. The van der Waals surface area contributed by atoms with Crippen LogP contribution in [0.3, 0.4) is 0 Å². The van der Waals surface area contributed by atoms with Gasteiger partial charge in [-0.1, -0.05) is 0 Å². The van der Waals surface area contributed by atoms with E-state index in [1.54, 1.807) is 11.3 Å². The summed E-state index contributed by atoms with van der Waals surface area (Å²) in [5.41, 5.74) is -0.0614. The van der Waals surface area contributed by atoms with Crippen LogP contribution in [-0.4, -0.2) is 55.8 Å². The van der Waals surface area contributed by atoms with Crippen LogP contribution in [-0.2, 0) is 9.47 Å². The fourth-order valence-corrected chi connectivity index (χ4v) is 4.12. The molecule has 1 atom stereocenters. The number of carbonyl (C=O) groups excluding carboxylic acids is 1. The first kappa shape index (κ1) is 16.9. The van der Waals surface area contributed by atoms with E-state index in [9.17, 15) is 4.79 Å². The van der Waals surface area contributed by atoms with Crippen molar-refractivity contribution in [3.8, 4) is 0 Å². The Morgan fingerprint density at radius 3 is 2.83 bits per heavy atom. The number of carbonyl (C=O) groups is 1. The van der Waals surface area contributed by atoms with Crippen molar-refractivity contribution >= 4 is 17.2 Å². The Kier molecular flexibility index (Phi) is 5.36. The molecule has 1 N–H and O–H groups in total. The molecular formula is C17H26N2O3S. The normalized spacial score (nSPS) is 23.1. The van der Waals surface area contributed by atoms with Gasteiger partial charge in [0.1, 0.15) is 0 Å². The van der Waals surface area contributed by atoms with Crippen LogP contribution >= 0.6 is 11.3 Å². The van der Waals surface area contributed by atoms with Crippen LogP contribution in [0.1, 0.15) is 47.3 Å². The van der Waals surface area contributed by atoms with Gasteiger partial charge in [0.05, 0.1) is 24.2 Å². The molecule has 128 valence electrons. The summed E-state index contributed by atoms with van der Waals surface area (Å²) in [4.78, 5) is 16.7.